The summed E-state index contributed by atoms with van der Waals surface area (Å²) in [5.41, 5.74) is 0.0217. The molecule has 1 aromatic heterocycles. The van der Waals surface area contributed by atoms with Gasteiger partial charge in [0.1, 0.15) is 29.4 Å². The fourth-order valence-electron chi connectivity index (χ4n) is 3.35. The minimum absolute atomic E-state index is 0.0623. The molecule has 0 amide bonds. The number of aromatic nitrogens is 2. The molecule has 0 radical (unpaired) electrons. The topological polar surface area (TPSA) is 141 Å². The number of rotatable bonds is 10. The smallest absolute Gasteiger partial charge is 0.459 e. The molecule has 1 saturated heterocycles. The summed E-state index contributed by atoms with van der Waals surface area (Å²) in [6.07, 6.45) is -2.09. The van der Waals surface area contributed by atoms with Crippen LogP contribution in [0, 0.1) is 11.7 Å². The van der Waals surface area contributed by atoms with Crippen molar-refractivity contribution in [2.75, 3.05) is 6.61 Å². The van der Waals surface area contributed by atoms with Crippen molar-refractivity contribution >= 4 is 37.5 Å². The van der Waals surface area contributed by atoms with Gasteiger partial charge >= 0.3 is 13.7 Å². The van der Waals surface area contributed by atoms with E-state index in [2.05, 4.69) is 10.1 Å². The van der Waals surface area contributed by atoms with Crippen LogP contribution < -0.4 is 15.2 Å². The van der Waals surface area contributed by atoms with Crippen molar-refractivity contribution in [3.63, 3.8) is 0 Å². The van der Waals surface area contributed by atoms with E-state index in [4.69, 9.17) is 42.3 Å². The Bertz CT molecular complexity index is 1220. The first-order valence-corrected chi connectivity index (χ1v) is 13.6. The zero-order chi connectivity index (χ0) is 26.6. The molecule has 1 aromatic carbocycles. The standard InChI is InChI=1S/C22H29ClN3O8PS/c1-12(2)32-21(29)14(4)25-35(30,34-15-8-6-5-7-9-15)31-11-16-18(27)17(23)20(33-16)26-10-13(3)19(28)24-22(26)36/h5-10,12,14,16-18,20,27H,11H2,1-4H3,(H,25,30)(H,24,28,36)/t14-,16-,17+,18?,20-,35+/m0/s1. The fourth-order valence-corrected chi connectivity index (χ4v) is 5.44. The Hall–Kier alpha value is -2.05. The molecular weight excluding hydrogens is 533 g/mol. The van der Waals surface area contributed by atoms with Gasteiger partial charge in [-0.15, -0.1) is 11.6 Å². The number of para-hydroxylation sites is 1. The molecule has 2 aromatic rings. The summed E-state index contributed by atoms with van der Waals surface area (Å²) in [6, 6.07) is 7.22. The van der Waals surface area contributed by atoms with E-state index in [1.807, 2.05) is 0 Å². The second-order valence-electron chi connectivity index (χ2n) is 8.51. The maximum Gasteiger partial charge on any atom is 0.459 e. The second kappa shape index (κ2) is 12.0. The summed E-state index contributed by atoms with van der Waals surface area (Å²) in [5.74, 6) is -0.417. The molecule has 198 valence electrons. The van der Waals surface area contributed by atoms with E-state index in [0.29, 0.717) is 5.56 Å². The quantitative estimate of drug-likeness (QED) is 0.171. The molecule has 0 aliphatic carbocycles. The van der Waals surface area contributed by atoms with Gasteiger partial charge in [0.15, 0.2) is 11.0 Å². The van der Waals surface area contributed by atoms with E-state index in [0.717, 1.165) is 0 Å². The summed E-state index contributed by atoms with van der Waals surface area (Å²) in [7, 11) is -4.17. The van der Waals surface area contributed by atoms with Gasteiger partial charge in [0.05, 0.1) is 12.7 Å². The van der Waals surface area contributed by atoms with E-state index in [9.17, 15) is 19.3 Å². The van der Waals surface area contributed by atoms with Crippen molar-refractivity contribution < 1.29 is 33.0 Å². The van der Waals surface area contributed by atoms with Gasteiger partial charge < -0.3 is 19.1 Å². The highest BCUT2D eigenvalue weighted by Crippen LogP contribution is 2.46. The SMILES string of the molecule is Cc1cn([C@H]2O[C@@H](CO[P@](=O)(N[C@@H](C)C(=O)OC(C)C)Oc3ccccc3)C(O)[C@H]2Cl)c(=S)[nH]c1=O. The number of carbonyl (C=O) groups excluding carboxylic acids is 1. The number of benzene rings is 1. The van der Waals surface area contributed by atoms with Crippen molar-refractivity contribution in [1.82, 2.24) is 14.6 Å². The number of ether oxygens (including phenoxy) is 2. The highest BCUT2D eigenvalue weighted by Gasteiger charge is 2.45. The Morgan fingerprint density at radius 1 is 1.33 bits per heavy atom. The van der Waals surface area contributed by atoms with E-state index in [-0.39, 0.29) is 22.2 Å². The number of alkyl halides is 1. The monoisotopic (exact) mass is 561 g/mol. The van der Waals surface area contributed by atoms with Crippen molar-refractivity contribution in [1.29, 1.82) is 0 Å². The van der Waals surface area contributed by atoms with Crippen molar-refractivity contribution in [2.45, 2.75) is 63.7 Å². The van der Waals surface area contributed by atoms with Crippen LogP contribution in [0.3, 0.4) is 0 Å². The Morgan fingerprint density at radius 2 is 2.00 bits per heavy atom. The molecule has 3 rings (SSSR count). The number of nitrogens with one attached hydrogen (secondary N) is 2. The third kappa shape index (κ3) is 7.04. The lowest BCUT2D eigenvalue weighted by atomic mass is 10.2. The molecule has 0 saturated carbocycles. The van der Waals surface area contributed by atoms with Crippen LogP contribution in [0.5, 0.6) is 5.75 Å². The molecule has 1 fully saturated rings. The number of esters is 1. The Labute approximate surface area is 218 Å². The molecule has 36 heavy (non-hydrogen) atoms. The van der Waals surface area contributed by atoms with Crippen molar-refractivity contribution in [3.05, 3.63) is 57.2 Å². The van der Waals surface area contributed by atoms with Crippen LogP contribution in [0.4, 0.5) is 0 Å². The van der Waals surface area contributed by atoms with Crippen LogP contribution >= 0.6 is 31.6 Å². The van der Waals surface area contributed by atoms with Crippen LogP contribution in [0.2, 0.25) is 0 Å². The van der Waals surface area contributed by atoms with Gasteiger partial charge in [-0.3, -0.25) is 23.7 Å². The first-order valence-electron chi connectivity index (χ1n) is 11.2. The van der Waals surface area contributed by atoms with Crippen LogP contribution in [0.1, 0.15) is 32.6 Å². The summed E-state index contributed by atoms with van der Waals surface area (Å²) < 4.78 is 37.3. The molecule has 11 nitrogen and oxygen atoms in total. The Morgan fingerprint density at radius 3 is 2.64 bits per heavy atom. The molecule has 14 heteroatoms. The summed E-state index contributed by atoms with van der Waals surface area (Å²) >= 11 is 11.6. The number of hydrogen-bond donors (Lipinski definition) is 3. The van der Waals surface area contributed by atoms with E-state index in [1.165, 1.54) is 17.7 Å². The predicted octanol–water partition coefficient (Wildman–Crippen LogP) is 3.21. The highest BCUT2D eigenvalue weighted by atomic mass is 35.5. The number of H-pyrrole nitrogens is 1. The minimum atomic E-state index is -4.17. The van der Waals surface area contributed by atoms with Crippen LogP contribution in [-0.2, 0) is 23.4 Å². The van der Waals surface area contributed by atoms with Gasteiger partial charge in [0, 0.05) is 11.8 Å². The third-order valence-corrected chi connectivity index (χ3v) is 7.58. The number of aryl methyl sites for hydroxylation is 1. The van der Waals surface area contributed by atoms with E-state index < -0.39 is 50.2 Å². The number of aromatic amines is 1. The first-order chi connectivity index (χ1) is 16.9. The zero-order valence-electron chi connectivity index (χ0n) is 20.1. The maximum atomic E-state index is 13.6. The van der Waals surface area contributed by atoms with Gasteiger partial charge in [-0.25, -0.2) is 4.57 Å². The van der Waals surface area contributed by atoms with Gasteiger partial charge in [0.25, 0.3) is 5.56 Å². The fraction of sp³-hybridized carbons (Fsp3) is 0.500. The summed E-state index contributed by atoms with van der Waals surface area (Å²) in [4.78, 5) is 26.6. The van der Waals surface area contributed by atoms with Crippen molar-refractivity contribution in [3.8, 4) is 5.75 Å². The largest absolute Gasteiger partial charge is 0.462 e. The molecule has 0 spiro atoms. The average Bonchev–Trinajstić information content (AvgIpc) is 3.08. The lowest BCUT2D eigenvalue weighted by molar-refractivity contribution is -0.149. The number of aliphatic hydroxyl groups is 1. The summed E-state index contributed by atoms with van der Waals surface area (Å²) in [6.45, 7) is 6.03. The van der Waals surface area contributed by atoms with Crippen LogP contribution in [0.15, 0.2) is 41.3 Å². The lowest BCUT2D eigenvalue weighted by Gasteiger charge is -2.25. The second-order valence-corrected chi connectivity index (χ2v) is 11.1. The van der Waals surface area contributed by atoms with Gasteiger partial charge in [-0.2, -0.15) is 5.09 Å². The number of hydrogen-bond acceptors (Lipinski definition) is 9. The number of aliphatic hydroxyl groups excluding tert-OH is 1. The molecule has 1 aliphatic heterocycles. The molecule has 1 aliphatic rings. The molecule has 2 heterocycles. The first kappa shape index (κ1) is 28.5. The number of halogens is 1. The predicted molar refractivity (Wildman–Crippen MR) is 135 cm³/mol. The van der Waals surface area contributed by atoms with Gasteiger partial charge in [-0.1, -0.05) is 18.2 Å². The number of nitrogens with zero attached hydrogens (tertiary/aromatic N) is 1. The normalized spacial score (nSPS) is 24.3. The molecule has 6 atom stereocenters. The lowest BCUT2D eigenvalue weighted by Crippen LogP contribution is -2.37. The zero-order valence-corrected chi connectivity index (χ0v) is 22.6. The number of carbonyl (C=O) groups is 1. The van der Waals surface area contributed by atoms with Crippen LogP contribution in [0.25, 0.3) is 0 Å². The Kier molecular flexibility index (Phi) is 9.50. The highest BCUT2D eigenvalue weighted by molar-refractivity contribution is 7.71. The third-order valence-electron chi connectivity index (χ3n) is 5.15. The van der Waals surface area contributed by atoms with Crippen molar-refractivity contribution in [2.24, 2.45) is 0 Å². The molecule has 0 bridgehead atoms. The Balaban J connectivity index is 1.77. The van der Waals surface area contributed by atoms with Gasteiger partial charge in [0.2, 0.25) is 0 Å². The average molecular weight is 562 g/mol. The summed E-state index contributed by atoms with van der Waals surface area (Å²) in [5, 5.41) is 12.3. The maximum absolute atomic E-state index is 13.6. The molecule has 1 unspecified atom stereocenters. The van der Waals surface area contributed by atoms with Crippen LogP contribution in [-0.4, -0.2) is 57.0 Å². The van der Waals surface area contributed by atoms with Gasteiger partial charge in [-0.05, 0) is 52.0 Å². The van der Waals surface area contributed by atoms with E-state index >= 15 is 0 Å². The van der Waals surface area contributed by atoms with E-state index in [1.54, 1.807) is 51.1 Å². The molecular formula is C22H29ClN3O8PS. The molecule has 3 N–H and O–H groups in total. The minimum Gasteiger partial charge on any atom is -0.462 e.